The first-order valence-corrected chi connectivity index (χ1v) is 7.90. The number of nitrogens with one attached hydrogen (secondary N) is 1. The quantitative estimate of drug-likeness (QED) is 0.452. The molecule has 0 spiro atoms. The molecule has 0 heterocycles. The molecular formula is C18H29NO. The fourth-order valence-electron chi connectivity index (χ4n) is 2.16. The van der Waals surface area contributed by atoms with Gasteiger partial charge in [0.25, 0.3) is 0 Å². The van der Waals surface area contributed by atoms with Crippen LogP contribution in [0, 0.1) is 0 Å². The Labute approximate surface area is 124 Å². The molecule has 0 aliphatic rings. The molecule has 0 bridgehead atoms. The van der Waals surface area contributed by atoms with Crippen molar-refractivity contribution in [2.24, 2.45) is 0 Å². The van der Waals surface area contributed by atoms with E-state index in [4.69, 9.17) is 4.74 Å². The maximum absolute atomic E-state index is 5.87. The maximum atomic E-state index is 5.87. The Bertz CT molecular complexity index is 362. The van der Waals surface area contributed by atoms with E-state index in [2.05, 4.69) is 31.0 Å². The molecule has 0 atom stereocenters. The number of allylic oxidation sites excluding steroid dienone is 1. The van der Waals surface area contributed by atoms with Gasteiger partial charge in [0.05, 0.1) is 6.61 Å². The number of hydrogen-bond acceptors (Lipinski definition) is 2. The number of rotatable bonds is 12. The van der Waals surface area contributed by atoms with E-state index in [1.807, 2.05) is 18.2 Å². The molecule has 0 aromatic heterocycles. The van der Waals surface area contributed by atoms with Crippen molar-refractivity contribution in [2.75, 3.05) is 19.7 Å². The van der Waals surface area contributed by atoms with Gasteiger partial charge in [-0.15, -0.1) is 6.58 Å². The second kappa shape index (κ2) is 11.5. The number of ether oxygens (including phenoxy) is 1. The standard InChI is InChI=1S/C18H29NO/c1-3-11-17-12-7-8-13-18(17)20-16-10-6-5-9-15-19-14-4-2/h3,7-8,12-13,19H,1,4-6,9-11,14-16H2,2H3. The van der Waals surface area contributed by atoms with E-state index in [9.17, 15) is 0 Å². The van der Waals surface area contributed by atoms with Crippen molar-refractivity contribution < 1.29 is 4.74 Å². The maximum Gasteiger partial charge on any atom is 0.122 e. The molecule has 0 unspecified atom stereocenters. The highest BCUT2D eigenvalue weighted by Gasteiger charge is 2.00. The summed E-state index contributed by atoms with van der Waals surface area (Å²) in [5, 5.41) is 3.43. The first-order chi connectivity index (χ1) is 9.88. The highest BCUT2D eigenvalue weighted by Crippen LogP contribution is 2.19. The van der Waals surface area contributed by atoms with Crippen molar-refractivity contribution in [3.8, 4) is 5.75 Å². The van der Waals surface area contributed by atoms with Crippen LogP contribution in [0.3, 0.4) is 0 Å². The lowest BCUT2D eigenvalue weighted by Crippen LogP contribution is -2.15. The minimum Gasteiger partial charge on any atom is -0.493 e. The van der Waals surface area contributed by atoms with Crippen molar-refractivity contribution in [3.05, 3.63) is 42.5 Å². The average Bonchev–Trinajstić information content (AvgIpc) is 2.47. The summed E-state index contributed by atoms with van der Waals surface area (Å²) in [7, 11) is 0. The van der Waals surface area contributed by atoms with E-state index in [-0.39, 0.29) is 0 Å². The summed E-state index contributed by atoms with van der Waals surface area (Å²) >= 11 is 0. The van der Waals surface area contributed by atoms with Crippen LogP contribution in [0.2, 0.25) is 0 Å². The Balaban J connectivity index is 2.08. The Kier molecular flexibility index (Phi) is 9.68. The van der Waals surface area contributed by atoms with Crippen LogP contribution in [0.1, 0.15) is 44.6 Å². The Morgan fingerprint density at radius 1 is 1.10 bits per heavy atom. The van der Waals surface area contributed by atoms with Gasteiger partial charge in [-0.3, -0.25) is 0 Å². The van der Waals surface area contributed by atoms with Crippen LogP contribution in [-0.4, -0.2) is 19.7 Å². The predicted molar refractivity (Wildman–Crippen MR) is 87.5 cm³/mol. The topological polar surface area (TPSA) is 21.3 Å². The number of hydrogen-bond donors (Lipinski definition) is 1. The minimum absolute atomic E-state index is 0.816. The largest absolute Gasteiger partial charge is 0.493 e. The fourth-order valence-corrected chi connectivity index (χ4v) is 2.16. The number of unbranched alkanes of at least 4 members (excludes halogenated alkanes) is 3. The first kappa shape index (κ1) is 16.8. The molecule has 0 saturated heterocycles. The van der Waals surface area contributed by atoms with Gasteiger partial charge in [-0.2, -0.15) is 0 Å². The third kappa shape index (κ3) is 7.34. The van der Waals surface area contributed by atoms with Crippen molar-refractivity contribution >= 4 is 0 Å². The van der Waals surface area contributed by atoms with Crippen LogP contribution in [0.5, 0.6) is 5.75 Å². The van der Waals surface area contributed by atoms with Gasteiger partial charge < -0.3 is 10.1 Å². The van der Waals surface area contributed by atoms with Gasteiger partial charge in [0.1, 0.15) is 5.75 Å². The molecule has 0 aliphatic carbocycles. The predicted octanol–water partition coefficient (Wildman–Crippen LogP) is 4.35. The van der Waals surface area contributed by atoms with Crippen LogP contribution in [0.25, 0.3) is 0 Å². The van der Waals surface area contributed by atoms with E-state index in [0.717, 1.165) is 38.3 Å². The lowest BCUT2D eigenvalue weighted by molar-refractivity contribution is 0.302. The molecule has 1 N–H and O–H groups in total. The minimum atomic E-state index is 0.816. The van der Waals surface area contributed by atoms with Crippen molar-refractivity contribution in [1.29, 1.82) is 0 Å². The molecule has 1 aromatic rings. The molecular weight excluding hydrogens is 246 g/mol. The SMILES string of the molecule is C=CCc1ccccc1OCCCCCCNCCC. The number of para-hydroxylation sites is 1. The molecule has 112 valence electrons. The van der Waals surface area contributed by atoms with E-state index >= 15 is 0 Å². The van der Waals surface area contributed by atoms with Gasteiger partial charge in [-0.25, -0.2) is 0 Å². The van der Waals surface area contributed by atoms with Crippen LogP contribution < -0.4 is 10.1 Å². The molecule has 0 radical (unpaired) electrons. The Morgan fingerprint density at radius 3 is 2.70 bits per heavy atom. The third-order valence-electron chi connectivity index (χ3n) is 3.27. The van der Waals surface area contributed by atoms with E-state index in [0.29, 0.717) is 0 Å². The summed E-state index contributed by atoms with van der Waals surface area (Å²) < 4.78 is 5.87. The Morgan fingerprint density at radius 2 is 1.90 bits per heavy atom. The first-order valence-electron chi connectivity index (χ1n) is 7.90. The summed E-state index contributed by atoms with van der Waals surface area (Å²) in [6.07, 6.45) is 8.96. The van der Waals surface area contributed by atoms with Crippen molar-refractivity contribution in [2.45, 2.75) is 45.4 Å². The molecule has 0 saturated carbocycles. The van der Waals surface area contributed by atoms with Gasteiger partial charge in [-0.1, -0.05) is 44.0 Å². The highest BCUT2D eigenvalue weighted by atomic mass is 16.5. The zero-order chi connectivity index (χ0) is 14.5. The summed E-state index contributed by atoms with van der Waals surface area (Å²) in [4.78, 5) is 0. The van der Waals surface area contributed by atoms with Crippen LogP contribution in [-0.2, 0) is 6.42 Å². The van der Waals surface area contributed by atoms with Gasteiger partial charge in [0.2, 0.25) is 0 Å². The molecule has 1 aromatic carbocycles. The lowest BCUT2D eigenvalue weighted by Gasteiger charge is -2.10. The van der Waals surface area contributed by atoms with E-state index < -0.39 is 0 Å². The molecule has 0 aliphatic heterocycles. The summed E-state index contributed by atoms with van der Waals surface area (Å²) in [6, 6.07) is 8.24. The van der Waals surface area contributed by atoms with Gasteiger partial charge >= 0.3 is 0 Å². The number of benzene rings is 1. The lowest BCUT2D eigenvalue weighted by atomic mass is 10.1. The van der Waals surface area contributed by atoms with E-state index in [1.165, 1.54) is 31.2 Å². The van der Waals surface area contributed by atoms with Gasteiger partial charge in [-0.05, 0) is 50.4 Å². The third-order valence-corrected chi connectivity index (χ3v) is 3.27. The fraction of sp³-hybridized carbons (Fsp3) is 0.556. The smallest absolute Gasteiger partial charge is 0.122 e. The normalized spacial score (nSPS) is 10.4. The molecule has 2 nitrogen and oxygen atoms in total. The molecule has 0 fully saturated rings. The Hall–Kier alpha value is -1.28. The van der Waals surface area contributed by atoms with E-state index in [1.54, 1.807) is 0 Å². The summed E-state index contributed by atoms with van der Waals surface area (Å²) in [5.74, 6) is 1.01. The molecule has 0 amide bonds. The molecule has 1 rings (SSSR count). The zero-order valence-electron chi connectivity index (χ0n) is 12.9. The van der Waals surface area contributed by atoms with Gasteiger partial charge in [0, 0.05) is 0 Å². The molecule has 20 heavy (non-hydrogen) atoms. The van der Waals surface area contributed by atoms with Crippen molar-refractivity contribution in [1.82, 2.24) is 5.32 Å². The second-order valence-corrected chi connectivity index (χ2v) is 5.11. The van der Waals surface area contributed by atoms with Crippen LogP contribution in [0.4, 0.5) is 0 Å². The summed E-state index contributed by atoms with van der Waals surface area (Å²) in [5.41, 5.74) is 1.23. The monoisotopic (exact) mass is 275 g/mol. The zero-order valence-corrected chi connectivity index (χ0v) is 12.9. The van der Waals surface area contributed by atoms with Crippen molar-refractivity contribution in [3.63, 3.8) is 0 Å². The average molecular weight is 275 g/mol. The molecule has 2 heteroatoms. The van der Waals surface area contributed by atoms with Gasteiger partial charge in [0.15, 0.2) is 0 Å². The summed E-state index contributed by atoms with van der Waals surface area (Å²) in [6.45, 7) is 9.10. The van der Waals surface area contributed by atoms with Crippen LogP contribution in [0.15, 0.2) is 36.9 Å². The van der Waals surface area contributed by atoms with Crippen LogP contribution >= 0.6 is 0 Å². The highest BCUT2D eigenvalue weighted by molar-refractivity contribution is 5.34. The second-order valence-electron chi connectivity index (χ2n) is 5.11.